The Morgan fingerprint density at radius 1 is 1.33 bits per heavy atom. The summed E-state index contributed by atoms with van der Waals surface area (Å²) in [6, 6.07) is 0. The fourth-order valence-electron chi connectivity index (χ4n) is 0. The van der Waals surface area contributed by atoms with Gasteiger partial charge in [0.25, 0.3) is 0 Å². The van der Waals surface area contributed by atoms with Gasteiger partial charge in [-0.1, -0.05) is 0 Å². The molecule has 0 rings (SSSR count). The molecular formula is H2BiKO4. The van der Waals surface area contributed by atoms with Gasteiger partial charge in [-0.25, -0.2) is 0 Å². The Morgan fingerprint density at radius 3 is 1.33 bits per heavy atom. The molecule has 4 nitrogen and oxygen atoms in total. The van der Waals surface area contributed by atoms with Crippen molar-refractivity contribution in [2.75, 3.05) is 0 Å². The van der Waals surface area contributed by atoms with Crippen molar-refractivity contribution in [2.45, 2.75) is 0 Å². The molecule has 6 heteroatoms. The molecule has 0 aromatic carbocycles. The third-order valence-electron chi connectivity index (χ3n) is 0. The fraction of sp³-hybridized carbons (Fsp3) is 0. The van der Waals surface area contributed by atoms with E-state index in [9.17, 15) is 0 Å². The summed E-state index contributed by atoms with van der Waals surface area (Å²) in [4.78, 5) is 0. The van der Waals surface area contributed by atoms with Crippen molar-refractivity contribution in [3.63, 3.8) is 0 Å². The van der Waals surface area contributed by atoms with Crippen LogP contribution in [0.15, 0.2) is 0 Å². The van der Waals surface area contributed by atoms with Crippen LogP contribution in [0.1, 0.15) is 0 Å². The molecular weight excluding hydrogens is 312 g/mol. The van der Waals surface area contributed by atoms with Gasteiger partial charge in [-0.3, -0.25) is 0 Å². The van der Waals surface area contributed by atoms with Crippen LogP contribution in [0, 0.1) is 0 Å². The third-order valence-corrected chi connectivity index (χ3v) is 0. The van der Waals surface area contributed by atoms with Crippen LogP contribution in [0.3, 0.4) is 0 Å². The van der Waals surface area contributed by atoms with E-state index in [1.165, 1.54) is 0 Å². The zero-order valence-corrected chi connectivity index (χ0v) is 9.77. The molecule has 0 aliphatic heterocycles. The molecule has 0 saturated heterocycles. The van der Waals surface area contributed by atoms with E-state index in [1.54, 1.807) is 0 Å². The number of hydrogen-bond donors (Lipinski definition) is 0. The second-order valence-electron chi connectivity index (χ2n) is 0.224. The first-order chi connectivity index (χ1) is 1.73. The summed E-state index contributed by atoms with van der Waals surface area (Å²) in [6.45, 7) is 0. The Morgan fingerprint density at radius 2 is 1.33 bits per heavy atom. The summed E-state index contributed by atoms with van der Waals surface area (Å²) >= 11 is -4.34. The van der Waals surface area contributed by atoms with Crippen molar-refractivity contribution >= 4 is 22.2 Å². The predicted molar refractivity (Wildman–Crippen MR) is 10.7 cm³/mol. The zero-order valence-electron chi connectivity index (χ0n) is 3.17. The minimum absolute atomic E-state index is 0. The SMILES string of the molecule is O.[K+].[O]=[Bi](=[O])[O-]. The van der Waals surface area contributed by atoms with Crippen LogP contribution >= 0.6 is 0 Å². The molecule has 0 bridgehead atoms. The molecule has 0 unspecified atom stereocenters. The van der Waals surface area contributed by atoms with Crippen molar-refractivity contribution in [3.8, 4) is 0 Å². The van der Waals surface area contributed by atoms with Crippen LogP contribution in [0.4, 0.5) is 0 Å². The van der Waals surface area contributed by atoms with E-state index in [0.717, 1.165) is 0 Å². The van der Waals surface area contributed by atoms with Gasteiger partial charge in [-0.15, -0.1) is 0 Å². The third kappa shape index (κ3) is 36.9. The summed E-state index contributed by atoms with van der Waals surface area (Å²) in [6.07, 6.45) is 0. The molecule has 0 spiro atoms. The van der Waals surface area contributed by atoms with Gasteiger partial charge in [0, 0.05) is 0 Å². The zero-order chi connectivity index (χ0) is 3.58. The summed E-state index contributed by atoms with van der Waals surface area (Å²) in [5.74, 6) is 0. The van der Waals surface area contributed by atoms with E-state index in [0.29, 0.717) is 0 Å². The first kappa shape index (κ1) is 15.7. The summed E-state index contributed by atoms with van der Waals surface area (Å²) < 4.78 is 25.9. The second-order valence-corrected chi connectivity index (χ2v) is 1.96. The number of rotatable bonds is 0. The molecule has 0 heterocycles. The summed E-state index contributed by atoms with van der Waals surface area (Å²) in [7, 11) is 0. The van der Waals surface area contributed by atoms with Gasteiger partial charge >= 0.3 is 82.4 Å². The van der Waals surface area contributed by atoms with Gasteiger partial charge in [0.05, 0.1) is 0 Å². The average Bonchev–Trinajstić information content (AvgIpc) is 0.811. The Hall–Kier alpha value is 2.04. The monoisotopic (exact) mass is 314 g/mol. The molecule has 0 aromatic rings. The van der Waals surface area contributed by atoms with E-state index in [2.05, 4.69) is 0 Å². The first-order valence-electron chi connectivity index (χ1n) is 0.548. The van der Waals surface area contributed by atoms with Gasteiger partial charge in [-0.05, 0) is 0 Å². The van der Waals surface area contributed by atoms with Crippen molar-refractivity contribution < 1.29 is 65.7 Å². The molecule has 0 aromatic heterocycles. The maximum atomic E-state index is 8.62. The van der Waals surface area contributed by atoms with Gasteiger partial charge in [0.2, 0.25) is 0 Å². The molecule has 0 atom stereocenters. The Balaban J connectivity index is -0.0000000450. The van der Waals surface area contributed by atoms with E-state index < -0.39 is 22.2 Å². The molecule has 6 heavy (non-hydrogen) atoms. The summed E-state index contributed by atoms with van der Waals surface area (Å²) in [5, 5.41) is 0. The van der Waals surface area contributed by atoms with E-state index in [4.69, 9.17) is 8.81 Å². The molecule has 0 saturated carbocycles. The summed E-state index contributed by atoms with van der Waals surface area (Å²) in [5.41, 5.74) is 0. The molecule has 0 aliphatic carbocycles. The molecule has 2 N–H and O–H groups in total. The van der Waals surface area contributed by atoms with Gasteiger partial charge in [0.15, 0.2) is 0 Å². The second kappa shape index (κ2) is 10.1. The fourth-order valence-corrected chi connectivity index (χ4v) is 0. The maximum absolute atomic E-state index is 8.62. The van der Waals surface area contributed by atoms with Crippen molar-refractivity contribution in [1.29, 1.82) is 0 Å². The van der Waals surface area contributed by atoms with E-state index in [-0.39, 0.29) is 56.9 Å². The normalized spacial score (nSPS) is 4.17. The van der Waals surface area contributed by atoms with Crippen molar-refractivity contribution in [2.24, 2.45) is 0 Å². The van der Waals surface area contributed by atoms with Crippen LogP contribution in [0.5, 0.6) is 0 Å². The standard InChI is InChI=1S/Bi.K.H2O.3O/h;;1H2;;;/q;+1;;;;-1. The van der Waals surface area contributed by atoms with Crippen LogP contribution < -0.4 is 54.6 Å². The Labute approximate surface area is 85.8 Å². The van der Waals surface area contributed by atoms with Gasteiger partial charge < -0.3 is 5.48 Å². The Kier molecular flexibility index (Phi) is 26.4. The topological polar surface area (TPSA) is 88.7 Å². The van der Waals surface area contributed by atoms with Crippen molar-refractivity contribution in [1.82, 2.24) is 0 Å². The minimum atomic E-state index is -4.34. The Bertz CT molecular complexity index is 55.9. The van der Waals surface area contributed by atoms with Crippen LogP contribution in [0.2, 0.25) is 0 Å². The molecule has 32 valence electrons. The molecule has 0 aliphatic rings. The van der Waals surface area contributed by atoms with Gasteiger partial charge in [-0.2, -0.15) is 0 Å². The van der Waals surface area contributed by atoms with E-state index in [1.807, 2.05) is 0 Å². The van der Waals surface area contributed by atoms with Gasteiger partial charge in [0.1, 0.15) is 0 Å². The molecule has 0 amide bonds. The van der Waals surface area contributed by atoms with E-state index >= 15 is 0 Å². The quantitative estimate of drug-likeness (QED) is 0.418. The number of hydrogen-bond acceptors (Lipinski definition) is 3. The van der Waals surface area contributed by atoms with Crippen molar-refractivity contribution in [3.05, 3.63) is 0 Å². The first-order valence-corrected chi connectivity index (χ1v) is 4.81. The predicted octanol–water partition coefficient (Wildman–Crippen LogP) is -5.63. The molecule has 0 radical (unpaired) electrons. The van der Waals surface area contributed by atoms with Crippen LogP contribution in [-0.4, -0.2) is 27.7 Å². The van der Waals surface area contributed by atoms with Crippen LogP contribution in [-0.2, 0) is 5.63 Å². The molecule has 0 fully saturated rings. The average molecular weight is 314 g/mol. The van der Waals surface area contributed by atoms with Crippen LogP contribution in [0.25, 0.3) is 0 Å².